The molecule has 0 aromatic heterocycles. The fourth-order valence-corrected chi connectivity index (χ4v) is 2.23. The number of piperidine rings is 1. The van der Waals surface area contributed by atoms with Crippen molar-refractivity contribution in [1.29, 1.82) is 0 Å². The molecule has 0 bridgehead atoms. The fourth-order valence-electron chi connectivity index (χ4n) is 2.23. The maximum atomic E-state index is 13.9. The Morgan fingerprint density at radius 3 is 2.65 bits per heavy atom. The first-order chi connectivity index (χ1) is 8.08. The molecule has 0 spiro atoms. The van der Waals surface area contributed by atoms with E-state index in [0.29, 0.717) is 19.5 Å². The molecule has 0 saturated carbocycles. The van der Waals surface area contributed by atoms with Gasteiger partial charge in [-0.25, -0.2) is 0 Å². The number of halogens is 2. The fraction of sp³-hybridized carbons (Fsp3) is 0.538. The molecule has 0 aliphatic carbocycles. The second-order valence-electron chi connectivity index (χ2n) is 4.60. The Balaban J connectivity index is 2.01. The highest BCUT2D eigenvalue weighted by molar-refractivity contribution is 5.20. The number of nitrogens with zero attached hydrogens (tertiary/aromatic N) is 1. The summed E-state index contributed by atoms with van der Waals surface area (Å²) in [4.78, 5) is 1.64. The van der Waals surface area contributed by atoms with Gasteiger partial charge in [0.2, 0.25) is 0 Å². The van der Waals surface area contributed by atoms with E-state index in [9.17, 15) is 13.9 Å². The lowest BCUT2D eigenvalue weighted by atomic mass is 10.0. The molecule has 17 heavy (non-hydrogen) atoms. The smallest absolute Gasteiger partial charge is 0.285 e. The van der Waals surface area contributed by atoms with Gasteiger partial charge in [-0.05, 0) is 19.4 Å². The molecule has 4 heteroatoms. The van der Waals surface area contributed by atoms with Gasteiger partial charge in [-0.3, -0.25) is 4.90 Å². The predicted octanol–water partition coefficient (Wildman–Crippen LogP) is 2.24. The van der Waals surface area contributed by atoms with Crippen molar-refractivity contribution in [3.63, 3.8) is 0 Å². The summed E-state index contributed by atoms with van der Waals surface area (Å²) < 4.78 is 27.9. The van der Waals surface area contributed by atoms with Crippen LogP contribution in [0.5, 0.6) is 0 Å². The number of likely N-dealkylation sites (tertiary alicyclic amines) is 1. The van der Waals surface area contributed by atoms with Gasteiger partial charge in [-0.15, -0.1) is 0 Å². The van der Waals surface area contributed by atoms with Crippen LogP contribution in [0, 0.1) is 0 Å². The summed E-state index contributed by atoms with van der Waals surface area (Å²) in [6, 6.07) is 7.85. The lowest BCUT2D eigenvalue weighted by molar-refractivity contribution is -0.0544. The maximum Gasteiger partial charge on any atom is 0.285 e. The monoisotopic (exact) mass is 241 g/mol. The molecular formula is C13H17F2NO. The zero-order valence-electron chi connectivity index (χ0n) is 9.65. The first-order valence-corrected chi connectivity index (χ1v) is 5.92. The van der Waals surface area contributed by atoms with Crippen LogP contribution in [0.3, 0.4) is 0 Å². The molecule has 0 amide bonds. The van der Waals surface area contributed by atoms with Crippen LogP contribution in [0.4, 0.5) is 8.78 Å². The van der Waals surface area contributed by atoms with Crippen LogP contribution in [0.25, 0.3) is 0 Å². The zero-order chi connectivity index (χ0) is 12.3. The molecule has 2 rings (SSSR count). The second-order valence-corrected chi connectivity index (χ2v) is 4.60. The molecule has 1 aromatic rings. The third-order valence-corrected chi connectivity index (χ3v) is 3.10. The molecule has 94 valence electrons. The number of alkyl halides is 2. The molecular weight excluding hydrogens is 224 g/mol. The Morgan fingerprint density at radius 2 is 2.00 bits per heavy atom. The number of aliphatic hydroxyl groups is 1. The molecule has 0 radical (unpaired) electrons. The van der Waals surface area contributed by atoms with E-state index in [1.165, 1.54) is 12.1 Å². The van der Waals surface area contributed by atoms with Gasteiger partial charge in [0.1, 0.15) is 0 Å². The van der Waals surface area contributed by atoms with Gasteiger partial charge in [0.15, 0.2) is 0 Å². The highest BCUT2D eigenvalue weighted by Crippen LogP contribution is 2.29. The average Bonchev–Trinajstić information content (AvgIpc) is 2.29. The van der Waals surface area contributed by atoms with Crippen LogP contribution in [0.15, 0.2) is 30.3 Å². The normalized spacial score (nSPS) is 22.6. The predicted molar refractivity (Wildman–Crippen MR) is 62.0 cm³/mol. The quantitative estimate of drug-likeness (QED) is 0.877. The molecule has 1 unspecified atom stereocenters. The molecule has 1 aliphatic heterocycles. The minimum absolute atomic E-state index is 0.0417. The zero-order valence-corrected chi connectivity index (χ0v) is 9.65. The standard InChI is InChI=1S/C13H17F2NO/c14-13(15,11-5-2-1-3-6-11)10-16-8-4-7-12(17)9-16/h1-3,5-6,12,17H,4,7-10H2. The Kier molecular flexibility index (Phi) is 3.74. The van der Waals surface area contributed by atoms with Gasteiger partial charge < -0.3 is 5.11 Å². The topological polar surface area (TPSA) is 23.5 Å². The third kappa shape index (κ3) is 3.23. The molecule has 1 aromatic carbocycles. The van der Waals surface area contributed by atoms with Crippen LogP contribution in [0.1, 0.15) is 18.4 Å². The van der Waals surface area contributed by atoms with E-state index in [0.717, 1.165) is 6.42 Å². The van der Waals surface area contributed by atoms with E-state index in [-0.39, 0.29) is 12.1 Å². The van der Waals surface area contributed by atoms with Crippen molar-refractivity contribution in [2.24, 2.45) is 0 Å². The lowest BCUT2D eigenvalue weighted by Gasteiger charge is -2.32. The third-order valence-electron chi connectivity index (χ3n) is 3.10. The van der Waals surface area contributed by atoms with E-state index in [2.05, 4.69) is 0 Å². The van der Waals surface area contributed by atoms with E-state index >= 15 is 0 Å². The molecule has 1 saturated heterocycles. The summed E-state index contributed by atoms with van der Waals surface area (Å²) in [6.07, 6.45) is 1.04. The van der Waals surface area contributed by atoms with E-state index in [1.807, 2.05) is 0 Å². The van der Waals surface area contributed by atoms with Crippen LogP contribution < -0.4 is 0 Å². The molecule has 1 aliphatic rings. The van der Waals surface area contributed by atoms with Gasteiger partial charge in [-0.2, -0.15) is 8.78 Å². The Morgan fingerprint density at radius 1 is 1.29 bits per heavy atom. The maximum absolute atomic E-state index is 13.9. The van der Waals surface area contributed by atoms with Crippen LogP contribution >= 0.6 is 0 Å². The number of β-amino-alcohol motifs (C(OH)–C–C–N with tert-alkyl or cyclic N) is 1. The van der Waals surface area contributed by atoms with Crippen molar-refractivity contribution >= 4 is 0 Å². The minimum Gasteiger partial charge on any atom is -0.392 e. The van der Waals surface area contributed by atoms with Crippen molar-refractivity contribution in [1.82, 2.24) is 4.90 Å². The van der Waals surface area contributed by atoms with Gasteiger partial charge >= 0.3 is 0 Å². The molecule has 1 fully saturated rings. The van der Waals surface area contributed by atoms with Crippen LogP contribution in [-0.4, -0.2) is 35.7 Å². The number of rotatable bonds is 3. The van der Waals surface area contributed by atoms with Crippen molar-refractivity contribution < 1.29 is 13.9 Å². The molecule has 1 heterocycles. The highest BCUT2D eigenvalue weighted by Gasteiger charge is 2.35. The molecule has 1 atom stereocenters. The van der Waals surface area contributed by atoms with E-state index in [1.54, 1.807) is 23.1 Å². The summed E-state index contributed by atoms with van der Waals surface area (Å²) in [5.41, 5.74) is 0.0417. The summed E-state index contributed by atoms with van der Waals surface area (Å²) >= 11 is 0. The summed E-state index contributed by atoms with van der Waals surface area (Å²) in [5.74, 6) is -2.85. The number of hydrogen-bond acceptors (Lipinski definition) is 2. The van der Waals surface area contributed by atoms with E-state index < -0.39 is 12.0 Å². The number of benzene rings is 1. The number of aliphatic hydroxyl groups excluding tert-OH is 1. The van der Waals surface area contributed by atoms with Crippen molar-refractivity contribution in [2.45, 2.75) is 24.9 Å². The van der Waals surface area contributed by atoms with Gasteiger partial charge in [0.25, 0.3) is 5.92 Å². The Bertz CT molecular complexity index is 356. The minimum atomic E-state index is -2.85. The Hall–Kier alpha value is -1.00. The largest absolute Gasteiger partial charge is 0.392 e. The van der Waals surface area contributed by atoms with Crippen LogP contribution in [-0.2, 0) is 5.92 Å². The SMILES string of the molecule is OC1CCCN(CC(F)(F)c2ccccc2)C1. The second kappa shape index (κ2) is 5.10. The van der Waals surface area contributed by atoms with E-state index in [4.69, 9.17) is 0 Å². The van der Waals surface area contributed by atoms with Crippen molar-refractivity contribution in [3.8, 4) is 0 Å². The van der Waals surface area contributed by atoms with Crippen LogP contribution in [0.2, 0.25) is 0 Å². The lowest BCUT2D eigenvalue weighted by Crippen LogP contribution is -2.43. The highest BCUT2D eigenvalue weighted by atomic mass is 19.3. The number of hydrogen-bond donors (Lipinski definition) is 1. The summed E-state index contributed by atoms with van der Waals surface area (Å²) in [5, 5.41) is 9.46. The van der Waals surface area contributed by atoms with Gasteiger partial charge in [0.05, 0.1) is 12.6 Å². The Labute approximate surface area is 99.9 Å². The first kappa shape index (κ1) is 12.5. The summed E-state index contributed by atoms with van der Waals surface area (Å²) in [6.45, 7) is 0.677. The average molecular weight is 241 g/mol. The van der Waals surface area contributed by atoms with Crippen molar-refractivity contribution in [2.75, 3.05) is 19.6 Å². The van der Waals surface area contributed by atoms with Gasteiger partial charge in [-0.1, -0.05) is 30.3 Å². The molecule has 2 nitrogen and oxygen atoms in total. The summed E-state index contributed by atoms with van der Waals surface area (Å²) in [7, 11) is 0. The molecule has 1 N–H and O–H groups in total. The first-order valence-electron chi connectivity index (χ1n) is 5.92. The van der Waals surface area contributed by atoms with Crippen molar-refractivity contribution in [3.05, 3.63) is 35.9 Å². The van der Waals surface area contributed by atoms with Gasteiger partial charge in [0, 0.05) is 12.1 Å².